The smallest absolute Gasteiger partial charge is 0.273 e. The molecule has 0 bridgehead atoms. The molecule has 2 aliphatic rings. The minimum atomic E-state index is -0.141. The molecule has 0 spiro atoms. The van der Waals surface area contributed by atoms with Gasteiger partial charge in [0.25, 0.3) is 5.91 Å². The van der Waals surface area contributed by atoms with Gasteiger partial charge >= 0.3 is 0 Å². The fraction of sp³-hybridized carbons (Fsp3) is 0.381. The lowest BCUT2D eigenvalue weighted by atomic mass is 10.0. The van der Waals surface area contributed by atoms with Crippen molar-refractivity contribution in [3.8, 4) is 0 Å². The van der Waals surface area contributed by atoms with Gasteiger partial charge < -0.3 is 0 Å². The highest BCUT2D eigenvalue weighted by molar-refractivity contribution is 5.95. The van der Waals surface area contributed by atoms with Crippen molar-refractivity contribution in [1.29, 1.82) is 0 Å². The number of hydrogen-bond donors (Lipinski definition) is 0. The standard InChI is InChI=1S/C21H23N3O2/c1-15-7-8-19(14-22-15)21(26)24-10-4-9-23(24)20(25)13-16-11-17-5-2-3-6-18(17)12-16/h2-3,5-8,14,16H,4,9-13H2,1H3. The number of hydrazine groups is 1. The van der Waals surface area contributed by atoms with Gasteiger partial charge in [-0.2, -0.15) is 0 Å². The Hall–Kier alpha value is -2.69. The first-order valence-corrected chi connectivity index (χ1v) is 9.23. The summed E-state index contributed by atoms with van der Waals surface area (Å²) >= 11 is 0. The van der Waals surface area contributed by atoms with Crippen LogP contribution in [0.15, 0.2) is 42.6 Å². The van der Waals surface area contributed by atoms with Gasteiger partial charge in [0.05, 0.1) is 5.56 Å². The molecule has 1 aromatic carbocycles. The zero-order chi connectivity index (χ0) is 18.1. The summed E-state index contributed by atoms with van der Waals surface area (Å²) in [6.07, 6.45) is 4.80. The van der Waals surface area contributed by atoms with E-state index >= 15 is 0 Å². The minimum absolute atomic E-state index is 0.0497. The van der Waals surface area contributed by atoms with Crippen LogP contribution < -0.4 is 0 Å². The molecule has 0 saturated carbocycles. The van der Waals surface area contributed by atoms with Crippen molar-refractivity contribution in [1.82, 2.24) is 15.0 Å². The largest absolute Gasteiger partial charge is 0.274 e. The number of carbonyl (C=O) groups is 2. The van der Waals surface area contributed by atoms with Crippen molar-refractivity contribution in [3.05, 3.63) is 65.0 Å². The second-order valence-corrected chi connectivity index (χ2v) is 7.23. The normalized spacial score (nSPS) is 16.8. The van der Waals surface area contributed by atoms with Crippen LogP contribution in [0.2, 0.25) is 0 Å². The number of aromatic nitrogens is 1. The highest BCUT2D eigenvalue weighted by Crippen LogP contribution is 2.29. The van der Waals surface area contributed by atoms with Gasteiger partial charge in [0.2, 0.25) is 5.91 Å². The number of aryl methyl sites for hydroxylation is 1. The molecule has 2 aromatic rings. The fourth-order valence-corrected chi connectivity index (χ4v) is 3.97. The maximum absolute atomic E-state index is 12.9. The highest BCUT2D eigenvalue weighted by Gasteiger charge is 2.33. The topological polar surface area (TPSA) is 53.5 Å². The number of hydrogen-bond acceptors (Lipinski definition) is 3. The highest BCUT2D eigenvalue weighted by atomic mass is 16.2. The quantitative estimate of drug-likeness (QED) is 0.856. The lowest BCUT2D eigenvalue weighted by Gasteiger charge is -2.28. The molecular formula is C21H23N3O2. The number of fused-ring (bicyclic) bond motifs is 1. The number of amides is 2. The molecule has 0 N–H and O–H groups in total. The molecule has 2 amide bonds. The monoisotopic (exact) mass is 349 g/mol. The summed E-state index contributed by atoms with van der Waals surface area (Å²) in [5.74, 6) is 0.241. The summed E-state index contributed by atoms with van der Waals surface area (Å²) in [5.41, 5.74) is 4.11. The van der Waals surface area contributed by atoms with Crippen molar-refractivity contribution in [3.63, 3.8) is 0 Å². The number of rotatable bonds is 3. The molecule has 2 heterocycles. The molecule has 1 saturated heterocycles. The fourth-order valence-electron chi connectivity index (χ4n) is 3.97. The third kappa shape index (κ3) is 3.21. The average molecular weight is 349 g/mol. The van der Waals surface area contributed by atoms with Crippen LogP contribution in [-0.2, 0) is 17.6 Å². The minimum Gasteiger partial charge on any atom is -0.273 e. The van der Waals surface area contributed by atoms with Crippen LogP contribution in [-0.4, -0.2) is 39.9 Å². The van der Waals surface area contributed by atoms with Gasteiger partial charge in [-0.15, -0.1) is 0 Å². The van der Waals surface area contributed by atoms with E-state index in [1.54, 1.807) is 22.3 Å². The van der Waals surface area contributed by atoms with Gasteiger partial charge in [0.15, 0.2) is 0 Å². The van der Waals surface area contributed by atoms with Crippen LogP contribution in [0.25, 0.3) is 0 Å². The Morgan fingerprint density at radius 1 is 1.04 bits per heavy atom. The molecule has 1 aliphatic carbocycles. The van der Waals surface area contributed by atoms with E-state index in [0.717, 1.165) is 25.0 Å². The Balaban J connectivity index is 1.42. The van der Waals surface area contributed by atoms with Crippen LogP contribution in [0.1, 0.15) is 40.0 Å². The first kappa shape index (κ1) is 16.8. The average Bonchev–Trinajstić information content (AvgIpc) is 3.28. The second-order valence-electron chi connectivity index (χ2n) is 7.23. The van der Waals surface area contributed by atoms with E-state index < -0.39 is 0 Å². The second kappa shape index (κ2) is 6.90. The molecule has 1 aromatic heterocycles. The number of carbonyl (C=O) groups excluding carboxylic acids is 2. The Bertz CT molecular complexity index is 806. The van der Waals surface area contributed by atoms with E-state index in [1.165, 1.54) is 11.1 Å². The van der Waals surface area contributed by atoms with Crippen LogP contribution >= 0.6 is 0 Å². The van der Waals surface area contributed by atoms with E-state index in [2.05, 4.69) is 29.2 Å². The molecule has 5 nitrogen and oxygen atoms in total. The molecular weight excluding hydrogens is 326 g/mol. The maximum atomic E-state index is 12.9. The van der Waals surface area contributed by atoms with E-state index in [0.29, 0.717) is 31.0 Å². The summed E-state index contributed by atoms with van der Waals surface area (Å²) in [5, 5.41) is 3.24. The molecule has 0 unspecified atom stereocenters. The lowest BCUT2D eigenvalue weighted by molar-refractivity contribution is -0.141. The van der Waals surface area contributed by atoms with Crippen molar-refractivity contribution < 1.29 is 9.59 Å². The van der Waals surface area contributed by atoms with Crippen molar-refractivity contribution in [2.24, 2.45) is 5.92 Å². The summed E-state index contributed by atoms with van der Waals surface area (Å²) in [7, 11) is 0. The van der Waals surface area contributed by atoms with Gasteiger partial charge in [-0.1, -0.05) is 24.3 Å². The first-order chi connectivity index (χ1) is 12.6. The van der Waals surface area contributed by atoms with E-state index in [1.807, 2.05) is 13.0 Å². The van der Waals surface area contributed by atoms with Gasteiger partial charge in [-0.05, 0) is 55.4 Å². The van der Waals surface area contributed by atoms with Crippen LogP contribution in [0.3, 0.4) is 0 Å². The Labute approximate surface area is 153 Å². The van der Waals surface area contributed by atoms with E-state index in [-0.39, 0.29) is 11.8 Å². The Kier molecular flexibility index (Phi) is 4.45. The maximum Gasteiger partial charge on any atom is 0.274 e. The summed E-state index contributed by atoms with van der Waals surface area (Å²) in [6, 6.07) is 12.0. The molecule has 134 valence electrons. The zero-order valence-electron chi connectivity index (χ0n) is 15.0. The number of benzene rings is 1. The van der Waals surface area contributed by atoms with Gasteiger partial charge in [0, 0.05) is 31.4 Å². The van der Waals surface area contributed by atoms with Crippen LogP contribution in [0.4, 0.5) is 0 Å². The van der Waals surface area contributed by atoms with E-state index in [9.17, 15) is 9.59 Å². The predicted octanol–water partition coefficient (Wildman–Crippen LogP) is 2.78. The number of nitrogens with zero attached hydrogens (tertiary/aromatic N) is 3. The van der Waals surface area contributed by atoms with Crippen molar-refractivity contribution in [2.75, 3.05) is 13.1 Å². The van der Waals surface area contributed by atoms with Crippen LogP contribution in [0, 0.1) is 12.8 Å². The third-order valence-electron chi connectivity index (χ3n) is 5.31. The molecule has 1 aliphatic heterocycles. The molecule has 1 fully saturated rings. The summed E-state index contributed by atoms with van der Waals surface area (Å²) in [4.78, 5) is 29.8. The van der Waals surface area contributed by atoms with Gasteiger partial charge in [0.1, 0.15) is 0 Å². The van der Waals surface area contributed by atoms with Gasteiger partial charge in [-0.25, -0.2) is 5.01 Å². The third-order valence-corrected chi connectivity index (χ3v) is 5.31. The molecule has 0 radical (unpaired) electrons. The SMILES string of the molecule is Cc1ccc(C(=O)N2CCCN2C(=O)CC2Cc3ccccc3C2)cn1. The van der Waals surface area contributed by atoms with E-state index in [4.69, 9.17) is 0 Å². The van der Waals surface area contributed by atoms with Gasteiger partial charge in [-0.3, -0.25) is 19.6 Å². The summed E-state index contributed by atoms with van der Waals surface area (Å²) in [6.45, 7) is 3.09. The van der Waals surface area contributed by atoms with Crippen LogP contribution in [0.5, 0.6) is 0 Å². The molecule has 4 rings (SSSR count). The lowest BCUT2D eigenvalue weighted by Crippen LogP contribution is -2.45. The first-order valence-electron chi connectivity index (χ1n) is 9.23. The summed E-state index contributed by atoms with van der Waals surface area (Å²) < 4.78 is 0. The molecule has 0 atom stereocenters. The van der Waals surface area contributed by atoms with Crippen molar-refractivity contribution >= 4 is 11.8 Å². The molecule has 26 heavy (non-hydrogen) atoms. The molecule has 5 heteroatoms. The predicted molar refractivity (Wildman–Crippen MR) is 98.3 cm³/mol. The Morgan fingerprint density at radius 3 is 2.38 bits per heavy atom. The zero-order valence-corrected chi connectivity index (χ0v) is 15.0. The number of pyridine rings is 1. The van der Waals surface area contributed by atoms with Crippen molar-refractivity contribution in [2.45, 2.75) is 32.6 Å². The Morgan fingerprint density at radius 2 is 1.73 bits per heavy atom.